The van der Waals surface area contributed by atoms with E-state index in [-0.39, 0.29) is 30.8 Å². The number of amides is 2. The number of fused-ring (bicyclic) bond motifs is 5. The zero-order chi connectivity index (χ0) is 29.2. The van der Waals surface area contributed by atoms with Gasteiger partial charge in [0.2, 0.25) is 5.91 Å². The summed E-state index contributed by atoms with van der Waals surface area (Å²) in [6.45, 7) is -0.135. The van der Waals surface area contributed by atoms with Crippen molar-refractivity contribution >= 4 is 23.4 Å². The SMILES string of the molecule is COc1cc(NC(=O)CCCc2ccc(-c3ccccc3)c(NC(=O)OC3CC4C5OC5C(C3)N4C)c2)ccc1CO. The second kappa shape index (κ2) is 12.1. The Morgan fingerprint density at radius 3 is 2.48 bits per heavy atom. The Labute approximate surface area is 245 Å². The maximum Gasteiger partial charge on any atom is 0.411 e. The van der Waals surface area contributed by atoms with Crippen LogP contribution in [0.25, 0.3) is 11.1 Å². The van der Waals surface area contributed by atoms with Crippen LogP contribution in [0.15, 0.2) is 66.7 Å². The quantitative estimate of drug-likeness (QED) is 0.294. The molecule has 3 aliphatic heterocycles. The molecule has 6 rings (SSSR count). The lowest BCUT2D eigenvalue weighted by molar-refractivity contribution is -0.116. The second-order valence-corrected chi connectivity index (χ2v) is 11.3. The predicted molar refractivity (Wildman–Crippen MR) is 159 cm³/mol. The molecule has 9 nitrogen and oxygen atoms in total. The summed E-state index contributed by atoms with van der Waals surface area (Å²) < 4.78 is 17.0. The van der Waals surface area contributed by atoms with Crippen LogP contribution in [0.2, 0.25) is 0 Å². The standard InChI is InChI=1S/C33H37N3O6/c1-36-27-17-24(18-28(36)32-31(27)42-32)41-33(39)35-26-15-20(11-14-25(26)21-8-4-3-5-9-21)7-6-10-30(38)34-23-13-12-22(19-37)29(16-23)40-2/h3-5,8-9,11-16,24,27-28,31-32,37H,6-7,10,17-19H2,1-2H3,(H,34,38)(H,35,39). The highest BCUT2D eigenvalue weighted by Crippen LogP contribution is 2.48. The molecule has 9 heteroatoms. The van der Waals surface area contributed by atoms with Crippen LogP contribution < -0.4 is 15.4 Å². The molecular weight excluding hydrogens is 534 g/mol. The van der Waals surface area contributed by atoms with Gasteiger partial charge in [-0.2, -0.15) is 0 Å². The highest BCUT2D eigenvalue weighted by molar-refractivity contribution is 5.92. The van der Waals surface area contributed by atoms with Crippen LogP contribution in [0, 0.1) is 0 Å². The number of nitrogens with one attached hydrogen (secondary N) is 2. The molecule has 4 unspecified atom stereocenters. The van der Waals surface area contributed by atoms with Gasteiger partial charge in [0, 0.05) is 54.2 Å². The molecule has 3 N–H and O–H groups in total. The van der Waals surface area contributed by atoms with Crippen LogP contribution in [0.3, 0.4) is 0 Å². The number of ether oxygens (including phenoxy) is 3. The number of anilines is 2. The van der Waals surface area contributed by atoms with Gasteiger partial charge in [-0.05, 0) is 43.1 Å². The number of carbonyl (C=O) groups excluding carboxylic acids is 2. The minimum atomic E-state index is -0.449. The molecule has 3 saturated heterocycles. The number of piperidine rings is 1. The Bertz CT molecular complexity index is 1430. The summed E-state index contributed by atoms with van der Waals surface area (Å²) >= 11 is 0. The van der Waals surface area contributed by atoms with E-state index in [9.17, 15) is 14.7 Å². The average molecular weight is 572 g/mol. The molecule has 220 valence electrons. The number of hydrogen-bond donors (Lipinski definition) is 3. The molecule has 0 radical (unpaired) electrons. The minimum absolute atomic E-state index is 0.105. The summed E-state index contributed by atoms with van der Waals surface area (Å²) in [5.41, 5.74) is 4.89. The maximum atomic E-state index is 13.1. The maximum absolute atomic E-state index is 13.1. The second-order valence-electron chi connectivity index (χ2n) is 11.3. The molecule has 0 spiro atoms. The van der Waals surface area contributed by atoms with Crippen LogP contribution in [0.4, 0.5) is 16.2 Å². The van der Waals surface area contributed by atoms with E-state index in [1.54, 1.807) is 18.2 Å². The van der Waals surface area contributed by atoms with E-state index >= 15 is 0 Å². The van der Waals surface area contributed by atoms with Crippen LogP contribution in [0.5, 0.6) is 5.75 Å². The number of aliphatic hydroxyl groups is 1. The molecule has 4 atom stereocenters. The fourth-order valence-corrected chi connectivity index (χ4v) is 6.44. The van der Waals surface area contributed by atoms with Crippen molar-refractivity contribution in [1.82, 2.24) is 4.90 Å². The lowest BCUT2D eigenvalue weighted by Gasteiger charge is -2.37. The molecule has 3 aromatic carbocycles. The van der Waals surface area contributed by atoms with E-state index in [1.807, 2.05) is 48.5 Å². The fraction of sp³-hybridized carbons (Fsp3) is 0.394. The summed E-state index contributed by atoms with van der Waals surface area (Å²) in [6.07, 6.45) is 3.20. The van der Waals surface area contributed by atoms with Gasteiger partial charge in [-0.3, -0.25) is 15.0 Å². The van der Waals surface area contributed by atoms with E-state index in [0.29, 0.717) is 54.0 Å². The Morgan fingerprint density at radius 1 is 1.00 bits per heavy atom. The van der Waals surface area contributed by atoms with Gasteiger partial charge >= 0.3 is 6.09 Å². The van der Waals surface area contributed by atoms with Crippen LogP contribution in [-0.2, 0) is 27.3 Å². The number of methoxy groups -OCH3 is 1. The first-order valence-corrected chi connectivity index (χ1v) is 14.5. The van der Waals surface area contributed by atoms with Gasteiger partial charge in [0.15, 0.2) is 0 Å². The molecule has 0 aliphatic carbocycles. The predicted octanol–water partition coefficient (Wildman–Crippen LogP) is 4.98. The smallest absolute Gasteiger partial charge is 0.411 e. The Morgan fingerprint density at radius 2 is 1.76 bits per heavy atom. The number of hydrogen-bond acceptors (Lipinski definition) is 7. The van der Waals surface area contributed by atoms with E-state index in [2.05, 4.69) is 22.6 Å². The number of aliphatic hydroxyl groups excluding tert-OH is 1. The van der Waals surface area contributed by atoms with Crippen molar-refractivity contribution in [2.75, 3.05) is 24.8 Å². The number of nitrogens with zero attached hydrogens (tertiary/aromatic N) is 1. The first kappa shape index (κ1) is 28.2. The van der Waals surface area contributed by atoms with Gasteiger partial charge in [-0.15, -0.1) is 0 Å². The molecule has 2 amide bonds. The summed E-state index contributed by atoms with van der Waals surface area (Å²) in [5.74, 6) is 0.424. The summed E-state index contributed by atoms with van der Waals surface area (Å²) in [6, 6.07) is 21.8. The summed E-state index contributed by atoms with van der Waals surface area (Å²) in [7, 11) is 3.66. The van der Waals surface area contributed by atoms with Crippen molar-refractivity contribution < 1.29 is 28.9 Å². The first-order valence-electron chi connectivity index (χ1n) is 14.5. The third-order valence-electron chi connectivity index (χ3n) is 8.66. The number of benzene rings is 3. The third kappa shape index (κ3) is 5.99. The average Bonchev–Trinajstić information content (AvgIpc) is 3.76. The zero-order valence-corrected chi connectivity index (χ0v) is 23.9. The minimum Gasteiger partial charge on any atom is -0.496 e. The molecular formula is C33H37N3O6. The number of carbonyl (C=O) groups is 2. The van der Waals surface area contributed by atoms with E-state index < -0.39 is 6.09 Å². The molecule has 3 aromatic rings. The van der Waals surface area contributed by atoms with Crippen molar-refractivity contribution in [3.8, 4) is 16.9 Å². The van der Waals surface area contributed by atoms with E-state index in [4.69, 9.17) is 14.2 Å². The van der Waals surface area contributed by atoms with Crippen molar-refractivity contribution in [3.05, 3.63) is 77.9 Å². The van der Waals surface area contributed by atoms with Crippen LogP contribution >= 0.6 is 0 Å². The molecule has 0 saturated carbocycles. The van der Waals surface area contributed by atoms with Crippen LogP contribution in [0.1, 0.15) is 36.8 Å². The van der Waals surface area contributed by atoms with Gasteiger partial charge in [-0.1, -0.05) is 48.5 Å². The third-order valence-corrected chi connectivity index (χ3v) is 8.66. The van der Waals surface area contributed by atoms with Gasteiger partial charge in [0.1, 0.15) is 24.1 Å². The Hall–Kier alpha value is -3.92. The number of likely N-dealkylation sites (N-methyl/N-ethyl adjacent to an activating group) is 1. The van der Waals surface area contributed by atoms with Crippen molar-refractivity contribution in [2.45, 2.75) is 69.1 Å². The molecule has 3 aliphatic rings. The van der Waals surface area contributed by atoms with E-state index in [0.717, 1.165) is 29.5 Å². The monoisotopic (exact) mass is 571 g/mol. The zero-order valence-electron chi connectivity index (χ0n) is 23.9. The molecule has 0 aromatic heterocycles. The Kier molecular flexibility index (Phi) is 8.15. The molecule has 2 bridgehead atoms. The fourth-order valence-electron chi connectivity index (χ4n) is 6.44. The van der Waals surface area contributed by atoms with Crippen molar-refractivity contribution in [1.29, 1.82) is 0 Å². The number of rotatable bonds is 10. The molecule has 42 heavy (non-hydrogen) atoms. The lowest BCUT2D eigenvalue weighted by Crippen LogP contribution is -2.48. The topological polar surface area (TPSA) is 113 Å². The van der Waals surface area contributed by atoms with Gasteiger partial charge in [-0.25, -0.2) is 4.79 Å². The van der Waals surface area contributed by atoms with Gasteiger partial charge < -0.3 is 24.6 Å². The Balaban J connectivity index is 1.08. The summed E-state index contributed by atoms with van der Waals surface area (Å²) in [5, 5.41) is 15.3. The number of morpholine rings is 1. The molecule has 3 heterocycles. The van der Waals surface area contributed by atoms with Gasteiger partial charge in [0.05, 0.1) is 19.4 Å². The highest BCUT2D eigenvalue weighted by Gasteiger charge is 2.62. The van der Waals surface area contributed by atoms with Gasteiger partial charge in [0.25, 0.3) is 0 Å². The first-order chi connectivity index (χ1) is 20.4. The van der Waals surface area contributed by atoms with E-state index in [1.165, 1.54) is 7.11 Å². The molecule has 3 fully saturated rings. The normalized spacial score (nSPS) is 24.0. The van der Waals surface area contributed by atoms with Crippen molar-refractivity contribution in [2.24, 2.45) is 0 Å². The van der Waals surface area contributed by atoms with Crippen molar-refractivity contribution in [3.63, 3.8) is 0 Å². The number of epoxide rings is 1. The summed E-state index contributed by atoms with van der Waals surface area (Å²) in [4.78, 5) is 28.1. The largest absolute Gasteiger partial charge is 0.496 e. The van der Waals surface area contributed by atoms with Crippen LogP contribution in [-0.4, -0.2) is 66.6 Å². The highest BCUT2D eigenvalue weighted by atomic mass is 16.6. The number of aryl methyl sites for hydroxylation is 1. The lowest BCUT2D eigenvalue weighted by atomic mass is 9.99.